The topological polar surface area (TPSA) is 315 Å². The minimum atomic E-state index is -1.74. The van der Waals surface area contributed by atoms with Crippen LogP contribution < -0.4 is 0 Å². The molecule has 19 nitrogen and oxygen atoms in total. The number of hydrogen-bond acceptors (Lipinski definition) is 19. The molecule has 0 spiro atoms. The van der Waals surface area contributed by atoms with Crippen molar-refractivity contribution in [2.24, 2.45) is 50.2 Å². The lowest BCUT2D eigenvalue weighted by molar-refractivity contribution is -0.351. The van der Waals surface area contributed by atoms with E-state index in [0.717, 1.165) is 5.57 Å². The number of carbonyl (C=O) groups excluding carboxylic acids is 1. The predicted molar refractivity (Wildman–Crippen MR) is 227 cm³/mol. The fraction of sp³-hybridized carbons (Fsp3) is 0.936. The van der Waals surface area contributed by atoms with Gasteiger partial charge in [-0.2, -0.15) is 0 Å². The van der Waals surface area contributed by atoms with Crippen LogP contribution in [0.4, 0.5) is 0 Å². The van der Waals surface area contributed by atoms with Crippen LogP contribution >= 0.6 is 0 Å². The molecule has 25 unspecified atom stereocenters. The SMILES string of the molecule is CC1OC(OC2C(OC(=O)C34CCC(C)(C)CC3C3=CCC5C6(C)CC(O)C(OC7OC(CO)C(O)C(O)C7O)C(C)(CO)C6C(O)CC5(C)C3(C)CC4)OCC(O)C2O)C(O)C(O)C1O. The van der Waals surface area contributed by atoms with Gasteiger partial charge < -0.3 is 89.7 Å². The van der Waals surface area contributed by atoms with E-state index in [1.165, 1.54) is 6.92 Å². The van der Waals surface area contributed by atoms with E-state index in [1.54, 1.807) is 6.92 Å². The Kier molecular flexibility index (Phi) is 13.6. The molecule has 3 aliphatic heterocycles. The summed E-state index contributed by atoms with van der Waals surface area (Å²) in [5.41, 5.74) is -3.39. The van der Waals surface area contributed by atoms with Gasteiger partial charge in [-0.15, -0.1) is 0 Å². The molecule has 7 fully saturated rings. The van der Waals surface area contributed by atoms with Crippen LogP contribution in [0.15, 0.2) is 11.6 Å². The Labute approximate surface area is 385 Å². The van der Waals surface area contributed by atoms with Gasteiger partial charge in [-0.1, -0.05) is 53.2 Å². The number of carbonyl (C=O) groups is 1. The first-order chi connectivity index (χ1) is 30.7. The standard InChI is InChI=1S/C47H76O19/c1-20-28(53)31(56)33(58)38(62-20)64-35-29(54)25(52)18-61-40(35)66-41(60)47-12-10-42(2,3)14-22(47)21-8-9-27-43(4)15-24(51)37(65-39-34(59)32(57)30(55)26(17-48)63-39)44(5,19-49)36(43)23(50)16-46(27,7)45(21,6)11-13-47/h8,20,22-40,48-59H,9-19H2,1-7H3. The molecule has 0 aromatic carbocycles. The summed E-state index contributed by atoms with van der Waals surface area (Å²) >= 11 is 0. The van der Waals surface area contributed by atoms with Crippen molar-refractivity contribution in [2.75, 3.05) is 19.8 Å². The van der Waals surface area contributed by atoms with Crippen molar-refractivity contribution in [2.45, 2.75) is 204 Å². The molecule has 5 aliphatic carbocycles. The minimum absolute atomic E-state index is 0.141. The number of rotatable bonds is 8. The molecule has 378 valence electrons. The Bertz CT molecular complexity index is 1820. The normalized spacial score (nSPS) is 55.9. The van der Waals surface area contributed by atoms with E-state index in [9.17, 15) is 61.3 Å². The smallest absolute Gasteiger partial charge is 0.315 e. The maximum absolute atomic E-state index is 15.1. The molecule has 0 bridgehead atoms. The molecule has 8 aliphatic rings. The maximum atomic E-state index is 15.1. The molecule has 19 heteroatoms. The van der Waals surface area contributed by atoms with Crippen LogP contribution in [0.5, 0.6) is 0 Å². The third kappa shape index (κ3) is 7.68. The van der Waals surface area contributed by atoms with Crippen molar-refractivity contribution >= 4 is 5.97 Å². The van der Waals surface area contributed by atoms with E-state index in [1.807, 2.05) is 0 Å². The van der Waals surface area contributed by atoms with Gasteiger partial charge in [-0.05, 0) is 91.8 Å². The zero-order valence-electron chi connectivity index (χ0n) is 39.1. The Morgan fingerprint density at radius 2 is 1.33 bits per heavy atom. The first-order valence-corrected chi connectivity index (χ1v) is 23.9. The molecule has 0 aromatic heterocycles. The van der Waals surface area contributed by atoms with Crippen LogP contribution in [-0.4, -0.2) is 191 Å². The quantitative estimate of drug-likeness (QED) is 0.0766. The molecule has 3 heterocycles. The Morgan fingerprint density at radius 3 is 1.98 bits per heavy atom. The molecule has 8 rings (SSSR count). The van der Waals surface area contributed by atoms with Gasteiger partial charge in [0, 0.05) is 11.3 Å². The lowest BCUT2D eigenvalue weighted by Gasteiger charge is -2.72. The number of esters is 1. The Morgan fingerprint density at radius 1 is 0.697 bits per heavy atom. The van der Waals surface area contributed by atoms with Crippen molar-refractivity contribution in [3.05, 3.63) is 11.6 Å². The molecule has 12 N–H and O–H groups in total. The molecule has 66 heavy (non-hydrogen) atoms. The van der Waals surface area contributed by atoms with Crippen LogP contribution in [0.3, 0.4) is 0 Å². The summed E-state index contributed by atoms with van der Waals surface area (Å²) in [5.74, 6) is -1.65. The lowest BCUT2D eigenvalue weighted by Crippen LogP contribution is -2.72. The summed E-state index contributed by atoms with van der Waals surface area (Å²) in [6.07, 6.45) is -18.9. The second-order valence-corrected chi connectivity index (χ2v) is 23.2. The van der Waals surface area contributed by atoms with Crippen LogP contribution in [0, 0.1) is 50.2 Å². The predicted octanol–water partition coefficient (Wildman–Crippen LogP) is -1.28. The minimum Gasteiger partial charge on any atom is -0.432 e. The van der Waals surface area contributed by atoms with E-state index < -0.39 is 157 Å². The summed E-state index contributed by atoms with van der Waals surface area (Å²) in [5, 5.41) is 131. The first-order valence-electron chi connectivity index (χ1n) is 23.9. The van der Waals surface area contributed by atoms with Gasteiger partial charge >= 0.3 is 5.97 Å². The van der Waals surface area contributed by atoms with Gasteiger partial charge in [0.15, 0.2) is 18.7 Å². The van der Waals surface area contributed by atoms with Crippen LogP contribution in [-0.2, 0) is 33.2 Å². The summed E-state index contributed by atoms with van der Waals surface area (Å²) in [4.78, 5) is 15.1. The number of aliphatic hydroxyl groups excluding tert-OH is 12. The molecule has 25 atom stereocenters. The first kappa shape index (κ1) is 50.9. The van der Waals surface area contributed by atoms with Gasteiger partial charge in [0.1, 0.15) is 54.9 Å². The summed E-state index contributed by atoms with van der Waals surface area (Å²) in [7, 11) is 0. The van der Waals surface area contributed by atoms with Gasteiger partial charge in [-0.3, -0.25) is 4.79 Å². The summed E-state index contributed by atoms with van der Waals surface area (Å²) < 4.78 is 35.6. The van der Waals surface area contributed by atoms with Crippen molar-refractivity contribution in [3.63, 3.8) is 0 Å². The van der Waals surface area contributed by atoms with E-state index in [4.69, 9.17) is 28.4 Å². The lowest BCUT2D eigenvalue weighted by atomic mass is 9.33. The van der Waals surface area contributed by atoms with Crippen LogP contribution in [0.25, 0.3) is 0 Å². The molecule has 0 radical (unpaired) electrons. The third-order valence-corrected chi connectivity index (χ3v) is 18.9. The van der Waals surface area contributed by atoms with Crippen molar-refractivity contribution in [1.29, 1.82) is 0 Å². The van der Waals surface area contributed by atoms with E-state index >= 15 is 4.79 Å². The number of allylic oxidation sites excluding steroid dienone is 2. The highest BCUT2D eigenvalue weighted by Crippen LogP contribution is 2.76. The van der Waals surface area contributed by atoms with Gasteiger partial charge in [0.25, 0.3) is 0 Å². The second kappa shape index (κ2) is 17.7. The van der Waals surface area contributed by atoms with Crippen LogP contribution in [0.1, 0.15) is 99.8 Å². The second-order valence-electron chi connectivity index (χ2n) is 23.2. The van der Waals surface area contributed by atoms with Gasteiger partial charge in [0.2, 0.25) is 6.29 Å². The number of ether oxygens (including phenoxy) is 6. The largest absolute Gasteiger partial charge is 0.432 e. The van der Waals surface area contributed by atoms with Crippen molar-refractivity contribution in [3.8, 4) is 0 Å². The third-order valence-electron chi connectivity index (χ3n) is 18.9. The average Bonchev–Trinajstić information content (AvgIpc) is 3.25. The van der Waals surface area contributed by atoms with Gasteiger partial charge in [0.05, 0.1) is 49.7 Å². The van der Waals surface area contributed by atoms with Crippen LogP contribution in [0.2, 0.25) is 0 Å². The molecular weight excluding hydrogens is 868 g/mol. The molecule has 4 saturated carbocycles. The van der Waals surface area contributed by atoms with E-state index in [2.05, 4.69) is 40.7 Å². The van der Waals surface area contributed by atoms with E-state index in [0.29, 0.717) is 44.9 Å². The van der Waals surface area contributed by atoms with Crippen molar-refractivity contribution in [1.82, 2.24) is 0 Å². The highest BCUT2D eigenvalue weighted by molar-refractivity contribution is 5.79. The highest BCUT2D eigenvalue weighted by Gasteiger charge is 2.73. The monoisotopic (exact) mass is 944 g/mol. The average molecular weight is 945 g/mol. The fourth-order valence-electron chi connectivity index (χ4n) is 15.0. The zero-order valence-corrected chi connectivity index (χ0v) is 39.1. The van der Waals surface area contributed by atoms with E-state index in [-0.39, 0.29) is 30.3 Å². The van der Waals surface area contributed by atoms with Gasteiger partial charge in [-0.25, -0.2) is 0 Å². The number of hydrogen-bond donors (Lipinski definition) is 12. The summed E-state index contributed by atoms with van der Waals surface area (Å²) in [6.45, 7) is 12.4. The fourth-order valence-corrected chi connectivity index (χ4v) is 15.0. The molecule has 0 aromatic rings. The molecular formula is C47H76O19. The maximum Gasteiger partial charge on any atom is 0.315 e. The van der Waals surface area contributed by atoms with Crippen molar-refractivity contribution < 1.29 is 94.5 Å². The number of aliphatic hydroxyl groups is 12. The number of fused-ring (bicyclic) bond motifs is 7. The molecule has 3 saturated heterocycles. The zero-order chi connectivity index (χ0) is 48.4. The highest BCUT2D eigenvalue weighted by atomic mass is 16.8. The Hall–Kier alpha value is -1.47. The molecule has 0 amide bonds. The summed E-state index contributed by atoms with van der Waals surface area (Å²) in [6, 6.07) is 0. The Balaban J connectivity index is 1.09.